The Labute approximate surface area is 172 Å². The summed E-state index contributed by atoms with van der Waals surface area (Å²) < 4.78 is 51.4. The van der Waals surface area contributed by atoms with E-state index < -0.39 is 17.6 Å². The minimum atomic E-state index is -4.38. The van der Waals surface area contributed by atoms with Gasteiger partial charge in [-0.2, -0.15) is 13.2 Å². The van der Waals surface area contributed by atoms with Crippen molar-refractivity contribution < 1.29 is 17.6 Å². The average molecular weight is 431 g/mol. The molecule has 0 atom stereocenters. The molecule has 2 rings (SSSR count). The number of alkyl halides is 3. The Hall–Kier alpha value is -2.32. The van der Waals surface area contributed by atoms with Gasteiger partial charge in [-0.25, -0.2) is 9.38 Å². The number of nitrogens with one attached hydrogen (secondary N) is 2. The number of rotatable bonds is 6. The quantitative estimate of drug-likeness (QED) is 0.342. The predicted octanol–water partition coefficient (Wildman–Crippen LogP) is 5.04. The third-order valence-corrected chi connectivity index (χ3v) is 4.46. The van der Waals surface area contributed by atoms with Crippen molar-refractivity contribution in [1.82, 2.24) is 5.32 Å². The third-order valence-electron chi connectivity index (χ3n) is 4.17. The molecule has 0 heterocycles. The molecule has 0 aliphatic heterocycles. The summed E-state index contributed by atoms with van der Waals surface area (Å²) in [6.07, 6.45) is -4.38. The van der Waals surface area contributed by atoms with Gasteiger partial charge in [0, 0.05) is 12.2 Å². The highest BCUT2D eigenvalue weighted by Gasteiger charge is 2.29. The summed E-state index contributed by atoms with van der Waals surface area (Å²) in [7, 11) is 0. The lowest BCUT2D eigenvalue weighted by atomic mass is 9.94. The van der Waals surface area contributed by atoms with Crippen molar-refractivity contribution in [3.8, 4) is 0 Å². The van der Waals surface area contributed by atoms with Gasteiger partial charge in [-0.3, -0.25) is 0 Å². The summed E-state index contributed by atoms with van der Waals surface area (Å²) in [5.74, 6) is -0.174. The van der Waals surface area contributed by atoms with Crippen LogP contribution >= 0.6 is 11.6 Å². The van der Waals surface area contributed by atoms with E-state index in [1.165, 1.54) is 30.3 Å². The molecule has 9 heteroatoms. The van der Waals surface area contributed by atoms with Gasteiger partial charge < -0.3 is 16.4 Å². The van der Waals surface area contributed by atoms with E-state index in [4.69, 9.17) is 17.3 Å². The Morgan fingerprint density at radius 2 is 1.76 bits per heavy atom. The number of hydrogen-bond donors (Lipinski definition) is 3. The molecule has 0 aliphatic carbocycles. The molecule has 0 radical (unpaired) electrons. The Morgan fingerprint density at radius 1 is 1.10 bits per heavy atom. The molecular weight excluding hydrogens is 408 g/mol. The second-order valence-corrected chi connectivity index (χ2v) is 7.74. The van der Waals surface area contributed by atoms with Crippen LogP contribution < -0.4 is 16.4 Å². The van der Waals surface area contributed by atoms with Crippen LogP contribution in [0.4, 0.5) is 23.2 Å². The first-order valence-corrected chi connectivity index (χ1v) is 9.24. The molecule has 0 fully saturated rings. The zero-order valence-corrected chi connectivity index (χ0v) is 16.8. The number of guanidine groups is 1. The predicted molar refractivity (Wildman–Crippen MR) is 108 cm³/mol. The van der Waals surface area contributed by atoms with E-state index in [-0.39, 0.29) is 17.0 Å². The van der Waals surface area contributed by atoms with E-state index >= 15 is 0 Å². The Morgan fingerprint density at radius 3 is 2.31 bits per heavy atom. The zero-order valence-electron chi connectivity index (χ0n) is 16.1. The van der Waals surface area contributed by atoms with E-state index in [0.717, 1.165) is 12.1 Å². The fraction of sp³-hybridized carbons (Fsp3) is 0.350. The molecule has 2 aromatic rings. The fourth-order valence-corrected chi connectivity index (χ4v) is 2.40. The lowest BCUT2D eigenvalue weighted by Gasteiger charge is -2.24. The van der Waals surface area contributed by atoms with Gasteiger partial charge in [-0.05, 0) is 47.9 Å². The SMILES string of the molecule is CC(C)(CN)CNC(=NCc1ccc(C(F)(F)F)cc1)Nc1ccc(F)c(Cl)c1. The number of nitrogens with zero attached hydrogens (tertiary/aromatic N) is 1. The molecule has 0 aliphatic rings. The molecule has 0 spiro atoms. The second kappa shape index (κ2) is 9.45. The van der Waals surface area contributed by atoms with Gasteiger partial charge in [-0.15, -0.1) is 0 Å². The number of hydrogen-bond acceptors (Lipinski definition) is 2. The molecule has 0 saturated heterocycles. The van der Waals surface area contributed by atoms with Crippen LogP contribution in [0.5, 0.6) is 0 Å². The van der Waals surface area contributed by atoms with Gasteiger partial charge in [0.2, 0.25) is 0 Å². The van der Waals surface area contributed by atoms with Gasteiger partial charge >= 0.3 is 6.18 Å². The summed E-state index contributed by atoms with van der Waals surface area (Å²) in [5.41, 5.74) is 5.94. The van der Waals surface area contributed by atoms with Crippen molar-refractivity contribution in [3.63, 3.8) is 0 Å². The van der Waals surface area contributed by atoms with E-state index in [2.05, 4.69) is 15.6 Å². The molecule has 0 aromatic heterocycles. The lowest BCUT2D eigenvalue weighted by Crippen LogP contribution is -2.41. The zero-order chi connectivity index (χ0) is 21.7. The van der Waals surface area contributed by atoms with E-state index in [1.54, 1.807) is 0 Å². The molecule has 0 unspecified atom stereocenters. The summed E-state index contributed by atoms with van der Waals surface area (Å²) in [6, 6.07) is 8.93. The molecular formula is C20H23ClF4N4. The summed E-state index contributed by atoms with van der Waals surface area (Å²) in [4.78, 5) is 4.41. The topological polar surface area (TPSA) is 62.4 Å². The molecule has 2 aromatic carbocycles. The third kappa shape index (κ3) is 7.21. The van der Waals surface area contributed by atoms with E-state index in [0.29, 0.717) is 30.3 Å². The first kappa shape index (κ1) is 23.0. The standard InChI is InChI=1S/C20H23ClF4N4/c1-19(2,11-26)12-28-18(29-15-7-8-17(22)16(21)9-15)27-10-13-3-5-14(6-4-13)20(23,24)25/h3-9H,10-12,26H2,1-2H3,(H2,27,28,29). The normalized spacial score (nSPS) is 12.8. The molecule has 29 heavy (non-hydrogen) atoms. The smallest absolute Gasteiger partial charge is 0.356 e. The van der Waals surface area contributed by atoms with Crippen LogP contribution in [0.15, 0.2) is 47.5 Å². The second-order valence-electron chi connectivity index (χ2n) is 7.34. The van der Waals surface area contributed by atoms with Crippen molar-refractivity contribution >= 4 is 23.2 Å². The van der Waals surface area contributed by atoms with Crippen LogP contribution in [0.25, 0.3) is 0 Å². The van der Waals surface area contributed by atoms with Gasteiger partial charge in [0.25, 0.3) is 0 Å². The van der Waals surface area contributed by atoms with Gasteiger partial charge in [0.1, 0.15) is 5.82 Å². The number of nitrogens with two attached hydrogens (primary N) is 1. The van der Waals surface area contributed by atoms with Crippen molar-refractivity contribution in [2.45, 2.75) is 26.6 Å². The van der Waals surface area contributed by atoms with Gasteiger partial charge in [0.05, 0.1) is 17.1 Å². The van der Waals surface area contributed by atoms with Crippen LogP contribution in [-0.2, 0) is 12.7 Å². The van der Waals surface area contributed by atoms with Crippen LogP contribution in [0.3, 0.4) is 0 Å². The van der Waals surface area contributed by atoms with E-state index in [9.17, 15) is 17.6 Å². The molecule has 0 bridgehead atoms. The first-order chi connectivity index (χ1) is 13.5. The Kier molecular flexibility index (Phi) is 7.48. The summed E-state index contributed by atoms with van der Waals surface area (Å²) in [6.45, 7) is 5.03. The molecule has 158 valence electrons. The van der Waals surface area contributed by atoms with Crippen LogP contribution in [0.1, 0.15) is 25.0 Å². The van der Waals surface area contributed by atoms with Crippen molar-refractivity contribution in [2.75, 3.05) is 18.4 Å². The summed E-state index contributed by atoms with van der Waals surface area (Å²) >= 11 is 5.81. The largest absolute Gasteiger partial charge is 0.416 e. The highest BCUT2D eigenvalue weighted by molar-refractivity contribution is 6.31. The highest BCUT2D eigenvalue weighted by atomic mass is 35.5. The number of benzene rings is 2. The highest BCUT2D eigenvalue weighted by Crippen LogP contribution is 2.29. The van der Waals surface area contributed by atoms with Crippen LogP contribution in [0.2, 0.25) is 5.02 Å². The van der Waals surface area contributed by atoms with Gasteiger partial charge in [0.15, 0.2) is 5.96 Å². The van der Waals surface area contributed by atoms with Crippen molar-refractivity contribution in [3.05, 3.63) is 64.4 Å². The maximum Gasteiger partial charge on any atom is 0.416 e. The molecule has 4 nitrogen and oxygen atoms in total. The monoisotopic (exact) mass is 430 g/mol. The van der Waals surface area contributed by atoms with E-state index in [1.807, 2.05) is 13.8 Å². The number of anilines is 1. The molecule has 0 amide bonds. The number of halogens is 5. The van der Waals surface area contributed by atoms with Crippen LogP contribution in [-0.4, -0.2) is 19.0 Å². The maximum absolute atomic E-state index is 13.4. The lowest BCUT2D eigenvalue weighted by molar-refractivity contribution is -0.137. The molecule has 0 saturated carbocycles. The maximum atomic E-state index is 13.4. The number of aliphatic imine (C=N–C) groups is 1. The minimum absolute atomic E-state index is 0.0422. The van der Waals surface area contributed by atoms with Crippen molar-refractivity contribution in [2.24, 2.45) is 16.1 Å². The first-order valence-electron chi connectivity index (χ1n) is 8.87. The van der Waals surface area contributed by atoms with Crippen molar-refractivity contribution in [1.29, 1.82) is 0 Å². The van der Waals surface area contributed by atoms with Crippen LogP contribution in [0, 0.1) is 11.2 Å². The Bertz CT molecular complexity index is 849. The summed E-state index contributed by atoms with van der Waals surface area (Å²) in [5, 5.41) is 6.12. The van der Waals surface area contributed by atoms with Gasteiger partial charge in [-0.1, -0.05) is 37.6 Å². The minimum Gasteiger partial charge on any atom is -0.356 e. The fourth-order valence-electron chi connectivity index (χ4n) is 2.21. The Balaban J connectivity index is 2.17. The average Bonchev–Trinajstić information content (AvgIpc) is 2.66. The molecule has 4 N–H and O–H groups in total.